The van der Waals surface area contributed by atoms with Crippen molar-refractivity contribution in [1.82, 2.24) is 14.9 Å². The maximum Gasteiger partial charge on any atom is 0.227 e. The van der Waals surface area contributed by atoms with Crippen LogP contribution in [0.2, 0.25) is 0 Å². The quantitative estimate of drug-likeness (QED) is 0.551. The molecule has 32 heavy (non-hydrogen) atoms. The van der Waals surface area contributed by atoms with Crippen LogP contribution in [0.25, 0.3) is 10.3 Å². The molecule has 8 nitrogen and oxygen atoms in total. The van der Waals surface area contributed by atoms with Gasteiger partial charge in [0.1, 0.15) is 10.3 Å². The van der Waals surface area contributed by atoms with Crippen LogP contribution in [-0.4, -0.2) is 59.4 Å². The van der Waals surface area contributed by atoms with Crippen molar-refractivity contribution in [1.29, 1.82) is 5.26 Å². The molecule has 1 fully saturated rings. The molecule has 0 spiro atoms. The van der Waals surface area contributed by atoms with Gasteiger partial charge in [-0.3, -0.25) is 9.59 Å². The minimum atomic E-state index is -0.139. The molecule has 0 bridgehead atoms. The van der Waals surface area contributed by atoms with E-state index < -0.39 is 0 Å². The van der Waals surface area contributed by atoms with Gasteiger partial charge in [-0.15, -0.1) is 0 Å². The number of anilines is 2. The number of thiazole rings is 1. The number of hydrogen-bond acceptors (Lipinski definition) is 7. The Balaban J connectivity index is 1.29. The van der Waals surface area contributed by atoms with E-state index in [1.54, 1.807) is 22.4 Å². The van der Waals surface area contributed by atoms with Crippen molar-refractivity contribution in [2.75, 3.05) is 42.5 Å². The van der Waals surface area contributed by atoms with Gasteiger partial charge in [-0.1, -0.05) is 29.5 Å². The van der Waals surface area contributed by atoms with Gasteiger partial charge in [0.05, 0.1) is 12.5 Å². The Morgan fingerprint density at radius 2 is 1.84 bits per heavy atom. The predicted octanol–water partition coefficient (Wildman–Crippen LogP) is 3.07. The summed E-state index contributed by atoms with van der Waals surface area (Å²) in [5.41, 5.74) is 1.64. The third kappa shape index (κ3) is 5.03. The molecule has 1 aliphatic rings. The Bertz CT molecular complexity index is 1090. The van der Waals surface area contributed by atoms with Crippen LogP contribution >= 0.6 is 11.3 Å². The molecular formula is C23H24N6O2S. The maximum absolute atomic E-state index is 12.8. The Morgan fingerprint density at radius 1 is 1.06 bits per heavy atom. The van der Waals surface area contributed by atoms with Crippen molar-refractivity contribution in [2.45, 2.75) is 19.3 Å². The van der Waals surface area contributed by atoms with Gasteiger partial charge in [-0.2, -0.15) is 5.26 Å². The zero-order chi connectivity index (χ0) is 22.3. The van der Waals surface area contributed by atoms with Gasteiger partial charge in [0.15, 0.2) is 5.13 Å². The second kappa shape index (κ2) is 10.2. The molecule has 0 radical (unpaired) electrons. The van der Waals surface area contributed by atoms with Crippen molar-refractivity contribution in [2.24, 2.45) is 0 Å². The van der Waals surface area contributed by atoms with E-state index in [1.165, 1.54) is 0 Å². The molecular weight excluding hydrogens is 424 g/mol. The molecule has 1 aliphatic heterocycles. The molecule has 1 saturated heterocycles. The lowest BCUT2D eigenvalue weighted by atomic mass is 10.2. The molecule has 2 aromatic heterocycles. The van der Waals surface area contributed by atoms with Crippen molar-refractivity contribution < 1.29 is 9.59 Å². The lowest BCUT2D eigenvalue weighted by Gasteiger charge is -2.34. The molecule has 0 atom stereocenters. The van der Waals surface area contributed by atoms with E-state index in [0.717, 1.165) is 21.2 Å². The number of carbonyl (C=O) groups excluding carboxylic acids is 2. The molecule has 2 amide bonds. The predicted molar refractivity (Wildman–Crippen MR) is 124 cm³/mol. The first-order valence-corrected chi connectivity index (χ1v) is 11.4. The molecule has 164 valence electrons. The zero-order valence-corrected chi connectivity index (χ0v) is 18.5. The molecule has 3 aromatic rings. The van der Waals surface area contributed by atoms with Gasteiger partial charge in [0, 0.05) is 57.4 Å². The normalized spacial score (nSPS) is 13.7. The molecule has 0 N–H and O–H groups in total. The standard InChI is InChI=1S/C23H24N6O2S/c24-11-5-13-29(18-6-2-1-3-7-18)21(31)10-9-20(30)27-14-16-28(17-15-27)23-26-19-8-4-12-25-22(19)32-23/h1-4,6-8,12H,5,9-10,13-17H2. The highest BCUT2D eigenvalue weighted by atomic mass is 32.1. The summed E-state index contributed by atoms with van der Waals surface area (Å²) in [6.07, 6.45) is 2.31. The summed E-state index contributed by atoms with van der Waals surface area (Å²) in [6, 6.07) is 15.2. The Hall–Kier alpha value is -3.51. The van der Waals surface area contributed by atoms with Crippen molar-refractivity contribution >= 4 is 44.3 Å². The van der Waals surface area contributed by atoms with Crippen LogP contribution < -0.4 is 9.80 Å². The van der Waals surface area contributed by atoms with Crippen LogP contribution in [0.3, 0.4) is 0 Å². The number of amides is 2. The Labute approximate surface area is 190 Å². The minimum Gasteiger partial charge on any atom is -0.344 e. The van der Waals surface area contributed by atoms with E-state index >= 15 is 0 Å². The van der Waals surface area contributed by atoms with Gasteiger partial charge in [0.2, 0.25) is 11.8 Å². The number of pyridine rings is 1. The second-order valence-corrected chi connectivity index (χ2v) is 8.44. The van der Waals surface area contributed by atoms with Crippen LogP contribution in [0.15, 0.2) is 48.7 Å². The summed E-state index contributed by atoms with van der Waals surface area (Å²) >= 11 is 1.56. The van der Waals surface area contributed by atoms with Crippen molar-refractivity contribution in [3.63, 3.8) is 0 Å². The van der Waals surface area contributed by atoms with E-state index in [2.05, 4.69) is 20.9 Å². The number of nitriles is 1. The maximum atomic E-state index is 12.8. The summed E-state index contributed by atoms with van der Waals surface area (Å²) in [7, 11) is 0. The number of rotatable bonds is 7. The van der Waals surface area contributed by atoms with E-state index in [9.17, 15) is 9.59 Å². The summed E-state index contributed by atoms with van der Waals surface area (Å²) in [5.74, 6) is -0.155. The molecule has 0 aliphatic carbocycles. The summed E-state index contributed by atoms with van der Waals surface area (Å²) in [4.78, 5) is 41.0. The van der Waals surface area contributed by atoms with Crippen molar-refractivity contribution in [3.05, 3.63) is 48.7 Å². The Morgan fingerprint density at radius 3 is 2.56 bits per heavy atom. The largest absolute Gasteiger partial charge is 0.344 e. The number of carbonyl (C=O) groups is 2. The average Bonchev–Trinajstić information content (AvgIpc) is 3.28. The van der Waals surface area contributed by atoms with Crippen LogP contribution in [-0.2, 0) is 9.59 Å². The third-order valence-corrected chi connectivity index (χ3v) is 6.47. The highest BCUT2D eigenvalue weighted by molar-refractivity contribution is 7.21. The average molecular weight is 449 g/mol. The lowest BCUT2D eigenvalue weighted by Crippen LogP contribution is -2.49. The number of fused-ring (bicyclic) bond motifs is 1. The first-order valence-electron chi connectivity index (χ1n) is 10.6. The smallest absolute Gasteiger partial charge is 0.227 e. The third-order valence-electron chi connectivity index (χ3n) is 5.43. The number of aromatic nitrogens is 2. The van der Waals surface area contributed by atoms with Gasteiger partial charge in [-0.25, -0.2) is 9.97 Å². The minimum absolute atomic E-state index is 0.0164. The second-order valence-electron chi connectivity index (χ2n) is 7.48. The lowest BCUT2D eigenvalue weighted by molar-refractivity contribution is -0.133. The fourth-order valence-electron chi connectivity index (χ4n) is 3.72. The molecule has 0 unspecified atom stereocenters. The zero-order valence-electron chi connectivity index (χ0n) is 17.7. The summed E-state index contributed by atoms with van der Waals surface area (Å²) < 4.78 is 0. The molecule has 9 heteroatoms. The van der Waals surface area contributed by atoms with Crippen LogP contribution in [0.4, 0.5) is 10.8 Å². The first kappa shape index (κ1) is 21.7. The number of nitrogens with zero attached hydrogens (tertiary/aromatic N) is 6. The van der Waals surface area contributed by atoms with Gasteiger partial charge >= 0.3 is 0 Å². The number of para-hydroxylation sites is 1. The fourth-order valence-corrected chi connectivity index (χ4v) is 4.68. The highest BCUT2D eigenvalue weighted by Gasteiger charge is 2.24. The SMILES string of the molecule is N#CCCN(C(=O)CCC(=O)N1CCN(c2nc3cccnc3s2)CC1)c1ccccc1. The molecule has 3 heterocycles. The highest BCUT2D eigenvalue weighted by Crippen LogP contribution is 2.27. The number of hydrogen-bond donors (Lipinski definition) is 0. The van der Waals surface area contributed by atoms with Gasteiger partial charge in [-0.05, 0) is 24.3 Å². The van der Waals surface area contributed by atoms with E-state index in [0.29, 0.717) is 32.7 Å². The van der Waals surface area contributed by atoms with Crippen LogP contribution in [0.1, 0.15) is 19.3 Å². The van der Waals surface area contributed by atoms with Gasteiger partial charge in [0.25, 0.3) is 0 Å². The van der Waals surface area contributed by atoms with Crippen LogP contribution in [0, 0.1) is 11.3 Å². The van der Waals surface area contributed by atoms with E-state index in [4.69, 9.17) is 5.26 Å². The summed E-state index contributed by atoms with van der Waals surface area (Å²) in [6.45, 7) is 2.94. The van der Waals surface area contributed by atoms with E-state index in [1.807, 2.05) is 47.4 Å². The van der Waals surface area contributed by atoms with Gasteiger partial charge < -0.3 is 14.7 Å². The first-order chi connectivity index (χ1) is 15.7. The van der Waals surface area contributed by atoms with Crippen molar-refractivity contribution in [3.8, 4) is 6.07 Å². The monoisotopic (exact) mass is 448 g/mol. The topological polar surface area (TPSA) is 93.4 Å². The van der Waals surface area contributed by atoms with Crippen LogP contribution in [0.5, 0.6) is 0 Å². The fraction of sp³-hybridized carbons (Fsp3) is 0.348. The number of piperazine rings is 1. The number of benzene rings is 1. The Kier molecular flexibility index (Phi) is 6.92. The molecule has 1 aromatic carbocycles. The molecule has 4 rings (SSSR count). The van der Waals surface area contributed by atoms with E-state index in [-0.39, 0.29) is 31.1 Å². The summed E-state index contributed by atoms with van der Waals surface area (Å²) in [5, 5.41) is 9.84. The molecule has 0 saturated carbocycles.